The van der Waals surface area contributed by atoms with Crippen molar-refractivity contribution < 1.29 is 18.3 Å². The molecule has 3 aromatic rings. The number of benzene rings is 3. The molecule has 0 aromatic heterocycles. The van der Waals surface area contributed by atoms with Crippen molar-refractivity contribution in [2.75, 3.05) is 5.32 Å². The first-order chi connectivity index (χ1) is 11.6. The molecular weight excluding hydrogens is 312 g/mol. The van der Waals surface area contributed by atoms with Crippen LogP contribution < -0.4 is 10.1 Å². The number of ether oxygens (including phenoxy) is 1. The monoisotopic (exact) mass is 327 g/mol. The first-order valence-electron chi connectivity index (χ1n) is 7.45. The highest BCUT2D eigenvalue weighted by atomic mass is 19.1. The van der Waals surface area contributed by atoms with Crippen molar-refractivity contribution >= 4 is 22.4 Å². The van der Waals surface area contributed by atoms with Gasteiger partial charge >= 0.3 is 0 Å². The van der Waals surface area contributed by atoms with Crippen LogP contribution in [0.15, 0.2) is 60.7 Å². The Hall–Kier alpha value is -2.95. The van der Waals surface area contributed by atoms with E-state index in [4.69, 9.17) is 4.74 Å². The SMILES string of the molecule is CC(Oc1cccc2ccccc12)C(=O)Nc1c(F)cccc1F. The number of anilines is 1. The van der Waals surface area contributed by atoms with Crippen molar-refractivity contribution in [3.8, 4) is 5.75 Å². The molecule has 1 unspecified atom stereocenters. The lowest BCUT2D eigenvalue weighted by atomic mass is 10.1. The van der Waals surface area contributed by atoms with Gasteiger partial charge in [-0.2, -0.15) is 0 Å². The average Bonchev–Trinajstić information content (AvgIpc) is 2.58. The van der Waals surface area contributed by atoms with Crippen LogP contribution in [0.1, 0.15) is 6.92 Å². The lowest BCUT2D eigenvalue weighted by molar-refractivity contribution is -0.122. The van der Waals surface area contributed by atoms with Gasteiger partial charge in [-0.1, -0.05) is 42.5 Å². The third-order valence-electron chi connectivity index (χ3n) is 3.63. The van der Waals surface area contributed by atoms with Gasteiger partial charge in [0, 0.05) is 5.39 Å². The fourth-order valence-corrected chi connectivity index (χ4v) is 2.38. The molecule has 0 fully saturated rings. The molecule has 0 spiro atoms. The van der Waals surface area contributed by atoms with Gasteiger partial charge in [0.1, 0.15) is 23.1 Å². The maximum Gasteiger partial charge on any atom is 0.265 e. The molecule has 24 heavy (non-hydrogen) atoms. The lowest BCUT2D eigenvalue weighted by Gasteiger charge is -2.16. The van der Waals surface area contributed by atoms with Crippen LogP contribution in [0, 0.1) is 11.6 Å². The summed E-state index contributed by atoms with van der Waals surface area (Å²) in [7, 11) is 0. The fourth-order valence-electron chi connectivity index (χ4n) is 2.38. The molecule has 0 saturated heterocycles. The first kappa shape index (κ1) is 15.9. The van der Waals surface area contributed by atoms with Crippen molar-refractivity contribution in [3.63, 3.8) is 0 Å². The molecule has 0 heterocycles. The molecule has 1 amide bonds. The molecular formula is C19H15F2NO2. The molecule has 1 N–H and O–H groups in total. The summed E-state index contributed by atoms with van der Waals surface area (Å²) in [6, 6.07) is 16.5. The van der Waals surface area contributed by atoms with Crippen molar-refractivity contribution in [1.29, 1.82) is 0 Å². The second kappa shape index (κ2) is 6.66. The lowest BCUT2D eigenvalue weighted by Crippen LogP contribution is -2.30. The molecule has 0 saturated carbocycles. The zero-order valence-corrected chi connectivity index (χ0v) is 12.9. The number of carbonyl (C=O) groups excluding carboxylic acids is 1. The van der Waals surface area contributed by atoms with E-state index in [1.165, 1.54) is 13.0 Å². The molecule has 0 aliphatic carbocycles. The third-order valence-corrected chi connectivity index (χ3v) is 3.63. The van der Waals surface area contributed by atoms with Crippen molar-refractivity contribution in [2.45, 2.75) is 13.0 Å². The van der Waals surface area contributed by atoms with Crippen LogP contribution in [0.25, 0.3) is 10.8 Å². The Morgan fingerprint density at radius 1 is 0.958 bits per heavy atom. The van der Waals surface area contributed by atoms with Gasteiger partial charge in [-0.15, -0.1) is 0 Å². The second-order valence-corrected chi connectivity index (χ2v) is 5.32. The van der Waals surface area contributed by atoms with Gasteiger partial charge < -0.3 is 10.1 Å². The molecule has 0 aliphatic heterocycles. The summed E-state index contributed by atoms with van der Waals surface area (Å²) >= 11 is 0. The molecule has 122 valence electrons. The van der Waals surface area contributed by atoms with Crippen LogP contribution in [-0.2, 0) is 4.79 Å². The quantitative estimate of drug-likeness (QED) is 0.765. The van der Waals surface area contributed by atoms with Gasteiger partial charge in [-0.3, -0.25) is 4.79 Å². The Morgan fingerprint density at radius 2 is 1.58 bits per heavy atom. The summed E-state index contributed by atoms with van der Waals surface area (Å²) in [6.07, 6.45) is -0.921. The summed E-state index contributed by atoms with van der Waals surface area (Å²) < 4.78 is 32.9. The minimum atomic E-state index is -0.921. The molecule has 5 heteroatoms. The molecule has 1 atom stereocenters. The maximum atomic E-state index is 13.6. The maximum absolute atomic E-state index is 13.6. The Balaban J connectivity index is 1.79. The topological polar surface area (TPSA) is 38.3 Å². The van der Waals surface area contributed by atoms with E-state index in [2.05, 4.69) is 5.32 Å². The predicted molar refractivity (Wildman–Crippen MR) is 89.0 cm³/mol. The van der Waals surface area contributed by atoms with E-state index < -0.39 is 29.3 Å². The molecule has 0 bridgehead atoms. The fraction of sp³-hybridized carbons (Fsp3) is 0.105. The average molecular weight is 327 g/mol. The highest BCUT2D eigenvalue weighted by Gasteiger charge is 2.19. The van der Waals surface area contributed by atoms with Gasteiger partial charge in [-0.25, -0.2) is 8.78 Å². The van der Waals surface area contributed by atoms with Gasteiger partial charge in [0.2, 0.25) is 0 Å². The number of rotatable bonds is 4. The molecule has 3 nitrogen and oxygen atoms in total. The standard InChI is InChI=1S/C19H15F2NO2/c1-12(19(23)22-18-15(20)9-5-10-16(18)21)24-17-11-4-7-13-6-2-3-8-14(13)17/h2-12H,1H3,(H,22,23). The van der Waals surface area contributed by atoms with E-state index in [-0.39, 0.29) is 0 Å². The number of carbonyl (C=O) groups is 1. The van der Waals surface area contributed by atoms with Crippen molar-refractivity contribution in [3.05, 3.63) is 72.3 Å². The highest BCUT2D eigenvalue weighted by Crippen LogP contribution is 2.26. The number of nitrogens with one attached hydrogen (secondary N) is 1. The van der Waals surface area contributed by atoms with E-state index in [9.17, 15) is 13.6 Å². The van der Waals surface area contributed by atoms with Gasteiger partial charge in [0.25, 0.3) is 5.91 Å². The van der Waals surface area contributed by atoms with Crippen LogP contribution >= 0.6 is 0 Å². The Kier molecular flexibility index (Phi) is 4.42. The second-order valence-electron chi connectivity index (χ2n) is 5.32. The minimum Gasteiger partial charge on any atom is -0.480 e. The first-order valence-corrected chi connectivity index (χ1v) is 7.45. The zero-order valence-electron chi connectivity index (χ0n) is 12.9. The Labute approximate surface area is 137 Å². The van der Waals surface area contributed by atoms with Gasteiger partial charge in [0.05, 0.1) is 0 Å². The summed E-state index contributed by atoms with van der Waals surface area (Å²) in [5, 5.41) is 4.07. The third kappa shape index (κ3) is 3.20. The largest absolute Gasteiger partial charge is 0.480 e. The number of para-hydroxylation sites is 1. The molecule has 0 aliphatic rings. The Morgan fingerprint density at radius 3 is 2.33 bits per heavy atom. The van der Waals surface area contributed by atoms with Crippen molar-refractivity contribution in [2.24, 2.45) is 0 Å². The summed E-state index contributed by atoms with van der Waals surface area (Å²) in [5.74, 6) is -1.77. The van der Waals surface area contributed by atoms with Gasteiger partial charge in [0.15, 0.2) is 6.10 Å². The summed E-state index contributed by atoms with van der Waals surface area (Å²) in [4.78, 5) is 12.2. The van der Waals surface area contributed by atoms with Crippen LogP contribution in [-0.4, -0.2) is 12.0 Å². The van der Waals surface area contributed by atoms with Gasteiger partial charge in [-0.05, 0) is 30.5 Å². The van der Waals surface area contributed by atoms with E-state index in [1.807, 2.05) is 36.4 Å². The number of hydrogen-bond donors (Lipinski definition) is 1. The van der Waals surface area contributed by atoms with Crippen molar-refractivity contribution in [1.82, 2.24) is 0 Å². The number of fused-ring (bicyclic) bond motifs is 1. The normalized spacial score (nSPS) is 12.0. The summed E-state index contributed by atoms with van der Waals surface area (Å²) in [5.41, 5.74) is -0.476. The number of hydrogen-bond acceptors (Lipinski definition) is 2. The zero-order chi connectivity index (χ0) is 17.1. The van der Waals surface area contributed by atoms with E-state index in [0.29, 0.717) is 5.75 Å². The van der Waals surface area contributed by atoms with E-state index in [1.54, 1.807) is 6.07 Å². The van der Waals surface area contributed by atoms with Crippen LogP contribution in [0.3, 0.4) is 0 Å². The predicted octanol–water partition coefficient (Wildman–Crippen LogP) is 4.52. The van der Waals surface area contributed by atoms with Crippen LogP contribution in [0.4, 0.5) is 14.5 Å². The summed E-state index contributed by atoms with van der Waals surface area (Å²) in [6.45, 7) is 1.52. The number of amides is 1. The molecule has 3 rings (SSSR count). The molecule has 0 radical (unpaired) electrons. The van der Waals surface area contributed by atoms with E-state index in [0.717, 1.165) is 22.9 Å². The highest BCUT2D eigenvalue weighted by molar-refractivity contribution is 5.95. The smallest absolute Gasteiger partial charge is 0.265 e. The number of halogens is 2. The van der Waals surface area contributed by atoms with Crippen LogP contribution in [0.5, 0.6) is 5.75 Å². The Bertz CT molecular complexity index is 870. The molecule has 3 aromatic carbocycles. The van der Waals surface area contributed by atoms with Crippen LogP contribution in [0.2, 0.25) is 0 Å². The van der Waals surface area contributed by atoms with E-state index >= 15 is 0 Å². The minimum absolute atomic E-state index is 0.476.